The van der Waals surface area contributed by atoms with Crippen molar-refractivity contribution in [3.63, 3.8) is 0 Å². The summed E-state index contributed by atoms with van der Waals surface area (Å²) in [4.78, 5) is 39.3. The van der Waals surface area contributed by atoms with E-state index in [1.807, 2.05) is 34.0 Å². The lowest BCUT2D eigenvalue weighted by molar-refractivity contribution is 0.400. The van der Waals surface area contributed by atoms with E-state index in [2.05, 4.69) is 90.1 Å². The molecule has 81 heavy (non-hydrogen) atoms. The summed E-state index contributed by atoms with van der Waals surface area (Å²) in [5.74, 6) is 0.957. The molecule has 0 aliphatic rings. The molecule has 5 aromatic heterocycles. The van der Waals surface area contributed by atoms with Gasteiger partial charge in [-0.3, -0.25) is 9.59 Å². The van der Waals surface area contributed by atoms with Gasteiger partial charge in [0.25, 0.3) is 0 Å². The van der Waals surface area contributed by atoms with Crippen LogP contribution in [0.1, 0.15) is 280 Å². The molecule has 0 fully saturated rings. The molecule has 0 bridgehead atoms. The van der Waals surface area contributed by atoms with E-state index in [4.69, 9.17) is 0 Å². The van der Waals surface area contributed by atoms with Crippen molar-refractivity contribution in [2.24, 2.45) is 11.8 Å². The Morgan fingerprint density at radius 2 is 0.642 bits per heavy atom. The van der Waals surface area contributed by atoms with Crippen LogP contribution in [0.2, 0.25) is 0 Å². The molecule has 8 rings (SSSR count). The second-order valence-electron chi connectivity index (χ2n) is 25.1. The van der Waals surface area contributed by atoms with Crippen LogP contribution in [-0.4, -0.2) is 0 Å². The average Bonchev–Trinajstić information content (AvgIpc) is 4.35. The zero-order valence-corrected chi connectivity index (χ0v) is 55.6. The van der Waals surface area contributed by atoms with Gasteiger partial charge in [-0.1, -0.05) is 259 Å². The third kappa shape index (κ3) is 18.3. The predicted molar refractivity (Wildman–Crippen MR) is 370 cm³/mol. The summed E-state index contributed by atoms with van der Waals surface area (Å²) in [6, 6.07) is 18.4. The number of aryl methyl sites for hydroxylation is 2. The maximum Gasteiger partial charge on any atom is 0.195 e. The third-order valence-corrected chi connectivity index (χ3v) is 24.0. The topological polar surface area (TPSA) is 34.1 Å². The van der Waals surface area contributed by atoms with Crippen molar-refractivity contribution in [1.82, 2.24) is 0 Å². The van der Waals surface area contributed by atoms with Gasteiger partial charge in [-0.05, 0) is 109 Å². The minimum absolute atomic E-state index is 0.202. The molecule has 0 radical (unpaired) electrons. The first-order valence-corrected chi connectivity index (χ1v) is 37.6. The smallest absolute Gasteiger partial charge is 0.195 e. The summed E-state index contributed by atoms with van der Waals surface area (Å²) in [6.45, 7) is 13.6. The summed E-state index contributed by atoms with van der Waals surface area (Å²) in [6.07, 6.45) is 49.0. The highest BCUT2D eigenvalue weighted by Crippen LogP contribution is 2.46. The molecule has 7 heteroatoms. The molecule has 2 atom stereocenters. The van der Waals surface area contributed by atoms with Gasteiger partial charge in [-0.2, -0.15) is 0 Å². The Balaban J connectivity index is 1.20. The van der Waals surface area contributed by atoms with Crippen molar-refractivity contribution >= 4 is 97.0 Å². The van der Waals surface area contributed by atoms with Crippen LogP contribution in [-0.2, 0) is 12.8 Å². The number of thiophene rings is 5. The van der Waals surface area contributed by atoms with E-state index in [1.165, 1.54) is 281 Å². The van der Waals surface area contributed by atoms with E-state index in [-0.39, 0.29) is 10.9 Å². The van der Waals surface area contributed by atoms with Gasteiger partial charge >= 0.3 is 0 Å². The van der Waals surface area contributed by atoms with Crippen LogP contribution in [0.3, 0.4) is 0 Å². The lowest BCUT2D eigenvalue weighted by Crippen LogP contribution is -2.12. The molecule has 0 aliphatic carbocycles. The Bertz CT molecular complexity index is 3070. The molecule has 0 saturated heterocycles. The van der Waals surface area contributed by atoms with Crippen LogP contribution in [0, 0.1) is 25.7 Å². The minimum Gasteiger partial charge on any atom is -0.289 e. The van der Waals surface area contributed by atoms with Gasteiger partial charge in [0.2, 0.25) is 0 Å². The molecule has 0 spiro atoms. The van der Waals surface area contributed by atoms with Crippen LogP contribution in [0.25, 0.3) is 71.0 Å². The first-order valence-electron chi connectivity index (χ1n) is 33.6. The fourth-order valence-electron chi connectivity index (χ4n) is 13.5. The lowest BCUT2D eigenvalue weighted by Gasteiger charge is -2.22. The standard InChI is InChI=1S/C74H104O2S5/c1-7-11-15-19-23-25-27-29-33-37-41-55(39-35-31-21-17-13-9-3)46-57-59-48-61(64-50-68-66(79-64)45-54(6)78-68)73(75)71(59)58(47-56(40-36-32-22-18-14-10-4)42-38-34-30-28-26-24-20-16-12-8-2)60-49-62(74(76)72(57)60)65-51-69-70(80-65)52-67(81-69)63-44-43-53(5)77-63/h43-45,48-52,55-56H,7-42,46-47H2,1-6H3. The first-order chi connectivity index (χ1) is 39.7. The quantitative estimate of drug-likeness (QED) is 0.0357. The van der Waals surface area contributed by atoms with Gasteiger partial charge in [0.05, 0.1) is 0 Å². The monoisotopic (exact) mass is 1180 g/mol. The number of benzene rings is 1. The number of hydrogen-bond donors (Lipinski definition) is 0. The predicted octanol–water partition coefficient (Wildman–Crippen LogP) is 26.3. The number of hydrogen-bond acceptors (Lipinski definition) is 7. The van der Waals surface area contributed by atoms with E-state index in [0.717, 1.165) is 55.3 Å². The van der Waals surface area contributed by atoms with Crippen molar-refractivity contribution in [2.45, 2.75) is 286 Å². The van der Waals surface area contributed by atoms with Gasteiger partial charge in [0.15, 0.2) is 10.9 Å². The Morgan fingerprint density at radius 3 is 0.988 bits per heavy atom. The molecule has 0 amide bonds. The molecule has 3 aromatic carbocycles. The summed E-state index contributed by atoms with van der Waals surface area (Å²) in [5, 5.41) is 4.12. The third-order valence-electron chi connectivity index (χ3n) is 18.2. The van der Waals surface area contributed by atoms with Gasteiger partial charge in [-0.25, -0.2) is 0 Å². The number of unbranched alkanes of at least 4 members (excludes halogenated alkanes) is 28. The van der Waals surface area contributed by atoms with Crippen molar-refractivity contribution in [3.8, 4) is 30.6 Å². The van der Waals surface area contributed by atoms with Gasteiger partial charge in [-0.15, -0.1) is 56.7 Å². The molecular formula is C74H104O2S5. The van der Waals surface area contributed by atoms with Crippen molar-refractivity contribution in [3.05, 3.63) is 89.9 Å². The zero-order chi connectivity index (χ0) is 56.8. The Kier molecular flexibility index (Phi) is 27.1. The second-order valence-corrected chi connectivity index (χ2v) is 30.9. The number of rotatable bonds is 43. The zero-order valence-electron chi connectivity index (χ0n) is 51.5. The van der Waals surface area contributed by atoms with Crippen LogP contribution in [0.15, 0.2) is 58.1 Å². The highest BCUT2D eigenvalue weighted by molar-refractivity contribution is 7.32. The molecule has 442 valence electrons. The summed E-state index contributed by atoms with van der Waals surface area (Å²) in [7, 11) is 0. The Morgan fingerprint density at radius 1 is 0.321 bits per heavy atom. The fourth-order valence-corrected chi connectivity index (χ4v) is 19.2. The highest BCUT2D eigenvalue weighted by atomic mass is 32.1. The van der Waals surface area contributed by atoms with E-state index in [9.17, 15) is 0 Å². The van der Waals surface area contributed by atoms with E-state index in [0.29, 0.717) is 11.8 Å². The molecule has 0 saturated carbocycles. The van der Waals surface area contributed by atoms with Crippen molar-refractivity contribution in [1.29, 1.82) is 0 Å². The number of fused-ring (bicyclic) bond motifs is 4. The normalized spacial score (nSPS) is 13.0. The summed E-state index contributed by atoms with van der Waals surface area (Å²) in [5.41, 5.74) is 4.50. The van der Waals surface area contributed by atoms with Crippen LogP contribution < -0.4 is 10.9 Å². The van der Waals surface area contributed by atoms with Crippen molar-refractivity contribution in [2.75, 3.05) is 0 Å². The maximum absolute atomic E-state index is 16.0. The largest absolute Gasteiger partial charge is 0.289 e. The molecule has 0 N–H and O–H groups in total. The van der Waals surface area contributed by atoms with Gasteiger partial charge in [0.1, 0.15) is 0 Å². The SMILES string of the molecule is CCCCCCCCCCCCC(CCCCCCCC)Cc1c2cc(-c3cc4sc(-c5ccc(C)s5)cc4s3)c(=O)c2c(CC(CCCCCCCC)CCCCCCCCCCCC)c2cc(-c3cc4sc(C)cc4s3)c(=O)c12. The molecule has 0 aliphatic heterocycles. The van der Waals surface area contributed by atoms with E-state index in [1.54, 1.807) is 22.7 Å². The summed E-state index contributed by atoms with van der Waals surface area (Å²) < 4.78 is 5.09. The Hall–Kier alpha value is -2.94. The summed E-state index contributed by atoms with van der Waals surface area (Å²) >= 11 is 9.16. The van der Waals surface area contributed by atoms with E-state index >= 15 is 9.59 Å². The Labute approximate surface area is 511 Å². The first kappa shape index (κ1) is 64.1. The van der Waals surface area contributed by atoms with E-state index < -0.39 is 0 Å². The molecule has 5 heterocycles. The fraction of sp³-hybridized carbons (Fsp3) is 0.622. The molecular weight excluding hydrogens is 1080 g/mol. The molecule has 2 unspecified atom stereocenters. The highest BCUT2D eigenvalue weighted by Gasteiger charge is 2.29. The van der Waals surface area contributed by atoms with Gasteiger partial charge in [0, 0.05) is 70.0 Å². The van der Waals surface area contributed by atoms with Crippen LogP contribution in [0.5, 0.6) is 0 Å². The van der Waals surface area contributed by atoms with Crippen molar-refractivity contribution < 1.29 is 0 Å². The lowest BCUT2D eigenvalue weighted by atomic mass is 9.82. The van der Waals surface area contributed by atoms with Gasteiger partial charge < -0.3 is 0 Å². The average molecular weight is 1190 g/mol. The molecule has 2 nitrogen and oxygen atoms in total. The minimum atomic E-state index is 0.202. The molecule has 8 aromatic rings. The second kappa shape index (κ2) is 34.3. The van der Waals surface area contributed by atoms with Crippen LogP contribution in [0.4, 0.5) is 0 Å². The maximum atomic E-state index is 16.0. The van der Waals surface area contributed by atoms with Crippen LogP contribution >= 0.6 is 56.7 Å².